The molecule has 0 amide bonds. The Bertz CT molecular complexity index is 1780. The number of aryl methyl sites for hydroxylation is 1. The van der Waals surface area contributed by atoms with Crippen molar-refractivity contribution < 1.29 is 55.6 Å². The second kappa shape index (κ2) is 14.4. The SMILES string of the molecule is Cn1nccc1NCCCOC(=O)c1ccc(NS(=O)(=O)c2cccc(-c3cc(F)ccc3O)c2)cc1O.O=C(O)C(F)(F)F. The molecular weight excluding hydrogens is 628 g/mol. The van der Waals surface area contributed by atoms with Crippen molar-refractivity contribution in [3.63, 3.8) is 0 Å². The number of nitrogens with zero attached hydrogens (tertiary/aromatic N) is 2. The Morgan fingerprint density at radius 2 is 1.71 bits per heavy atom. The van der Waals surface area contributed by atoms with Crippen molar-refractivity contribution in [2.24, 2.45) is 7.05 Å². The number of rotatable bonds is 10. The first-order valence-electron chi connectivity index (χ1n) is 12.7. The fourth-order valence-corrected chi connectivity index (χ4v) is 4.73. The van der Waals surface area contributed by atoms with Crippen molar-refractivity contribution in [1.82, 2.24) is 9.78 Å². The van der Waals surface area contributed by atoms with E-state index in [9.17, 15) is 41.0 Å². The summed E-state index contributed by atoms with van der Waals surface area (Å²) in [6.07, 6.45) is -2.91. The molecule has 0 aliphatic heterocycles. The number of carboxylic acid groups (broad SMARTS) is 1. The van der Waals surface area contributed by atoms with Gasteiger partial charge in [-0.1, -0.05) is 12.1 Å². The van der Waals surface area contributed by atoms with Gasteiger partial charge in [0.05, 0.1) is 23.4 Å². The van der Waals surface area contributed by atoms with E-state index in [1.54, 1.807) is 17.9 Å². The molecule has 0 unspecified atom stereocenters. The minimum atomic E-state index is -5.08. The topological polar surface area (TPSA) is 180 Å². The highest BCUT2D eigenvalue weighted by molar-refractivity contribution is 7.92. The molecule has 3 aromatic carbocycles. The van der Waals surface area contributed by atoms with Crippen molar-refractivity contribution in [2.45, 2.75) is 17.5 Å². The van der Waals surface area contributed by atoms with Crippen LogP contribution in [0.5, 0.6) is 11.5 Å². The van der Waals surface area contributed by atoms with Gasteiger partial charge < -0.3 is 25.4 Å². The molecule has 4 aromatic rings. The van der Waals surface area contributed by atoms with Gasteiger partial charge in [-0.3, -0.25) is 9.40 Å². The van der Waals surface area contributed by atoms with Crippen LogP contribution in [0, 0.1) is 5.82 Å². The van der Waals surface area contributed by atoms with Crippen LogP contribution in [0.3, 0.4) is 0 Å². The standard InChI is InChI=1S/C26H25FN4O6S.C2HF3O2/c1-31-25(10-12-29-31)28-11-3-13-37-26(34)21-8-7-19(16-24(21)33)30-38(35,36)20-5-2-4-17(14-20)22-15-18(27)6-9-23(22)32;3-2(4,5)1(6)7/h2,4-10,12,14-16,28,30,32-33H,3,11,13H2,1H3;(H,6,7). The van der Waals surface area contributed by atoms with Crippen molar-refractivity contribution in [3.8, 4) is 22.6 Å². The molecule has 1 aromatic heterocycles. The summed E-state index contributed by atoms with van der Waals surface area (Å²) in [6.45, 7) is 0.647. The molecule has 0 spiro atoms. The Kier molecular flexibility index (Phi) is 11.0. The molecule has 0 aliphatic rings. The number of carboxylic acids is 1. The lowest BCUT2D eigenvalue weighted by Gasteiger charge is -2.12. The van der Waals surface area contributed by atoms with Gasteiger partial charge in [0.2, 0.25) is 0 Å². The van der Waals surface area contributed by atoms with Crippen LogP contribution in [0.25, 0.3) is 11.1 Å². The van der Waals surface area contributed by atoms with E-state index in [1.165, 1.54) is 42.5 Å². The summed E-state index contributed by atoms with van der Waals surface area (Å²) in [4.78, 5) is 21.1. The molecular formula is C28H26F4N4O8S. The highest BCUT2D eigenvalue weighted by Gasteiger charge is 2.38. The zero-order valence-electron chi connectivity index (χ0n) is 23.2. The monoisotopic (exact) mass is 654 g/mol. The Labute approximate surface area is 253 Å². The Balaban J connectivity index is 0.000000707. The van der Waals surface area contributed by atoms with Gasteiger partial charge in [0.25, 0.3) is 10.0 Å². The van der Waals surface area contributed by atoms with Gasteiger partial charge in [-0.15, -0.1) is 0 Å². The number of hydrogen-bond acceptors (Lipinski definition) is 9. The number of aliphatic carboxylic acids is 1. The molecule has 5 N–H and O–H groups in total. The highest BCUT2D eigenvalue weighted by atomic mass is 32.2. The Morgan fingerprint density at radius 3 is 2.33 bits per heavy atom. The Morgan fingerprint density at radius 1 is 1.00 bits per heavy atom. The summed E-state index contributed by atoms with van der Waals surface area (Å²) < 4.78 is 80.5. The van der Waals surface area contributed by atoms with E-state index >= 15 is 0 Å². The predicted molar refractivity (Wildman–Crippen MR) is 153 cm³/mol. The lowest BCUT2D eigenvalue weighted by molar-refractivity contribution is -0.192. The number of aromatic hydroxyl groups is 2. The predicted octanol–water partition coefficient (Wildman–Crippen LogP) is 4.73. The first-order chi connectivity index (χ1) is 21.1. The van der Waals surface area contributed by atoms with Gasteiger partial charge in [-0.2, -0.15) is 18.3 Å². The minimum absolute atomic E-state index is 0.0124. The quantitative estimate of drug-likeness (QED) is 0.0912. The molecule has 0 fully saturated rings. The highest BCUT2D eigenvalue weighted by Crippen LogP contribution is 2.32. The fraction of sp³-hybridized carbons (Fsp3) is 0.179. The van der Waals surface area contributed by atoms with E-state index in [0.29, 0.717) is 18.5 Å². The molecule has 17 heteroatoms. The number of carbonyl (C=O) groups excluding carboxylic acids is 1. The van der Waals surface area contributed by atoms with E-state index in [-0.39, 0.29) is 34.1 Å². The largest absolute Gasteiger partial charge is 0.507 e. The normalized spacial score (nSPS) is 11.2. The third kappa shape index (κ3) is 9.59. The third-order valence-corrected chi connectivity index (χ3v) is 7.19. The van der Waals surface area contributed by atoms with Crippen LogP contribution in [0.2, 0.25) is 0 Å². The minimum Gasteiger partial charge on any atom is -0.507 e. The fourth-order valence-electron chi connectivity index (χ4n) is 3.63. The summed E-state index contributed by atoms with van der Waals surface area (Å²) in [5, 5.41) is 34.7. The second-order valence-electron chi connectivity index (χ2n) is 9.09. The molecule has 0 radical (unpaired) electrons. The van der Waals surface area contributed by atoms with Crippen molar-refractivity contribution in [3.05, 3.63) is 84.3 Å². The number of carbonyl (C=O) groups is 2. The number of ether oxygens (including phenoxy) is 1. The van der Waals surface area contributed by atoms with Crippen LogP contribution in [-0.4, -0.2) is 64.8 Å². The first kappa shape index (κ1) is 34.2. The number of hydrogen-bond donors (Lipinski definition) is 5. The van der Waals surface area contributed by atoms with Crippen LogP contribution in [0.15, 0.2) is 77.8 Å². The summed E-state index contributed by atoms with van der Waals surface area (Å²) >= 11 is 0. The summed E-state index contributed by atoms with van der Waals surface area (Å²) in [5.74, 6) is -3.93. The number of sulfonamides is 1. The van der Waals surface area contributed by atoms with Gasteiger partial charge in [0, 0.05) is 31.3 Å². The average Bonchev–Trinajstić information content (AvgIpc) is 3.38. The molecule has 0 saturated carbocycles. The van der Waals surface area contributed by atoms with Gasteiger partial charge in [-0.25, -0.2) is 22.4 Å². The number of benzene rings is 3. The van der Waals surface area contributed by atoms with Crippen LogP contribution < -0.4 is 10.0 Å². The summed E-state index contributed by atoms with van der Waals surface area (Å²) in [6, 6.07) is 14.5. The maximum atomic E-state index is 13.6. The molecule has 4 rings (SSSR count). The number of anilines is 2. The molecule has 0 saturated heterocycles. The van der Waals surface area contributed by atoms with E-state index < -0.39 is 39.7 Å². The molecule has 240 valence electrons. The van der Waals surface area contributed by atoms with Gasteiger partial charge >= 0.3 is 18.1 Å². The smallest absolute Gasteiger partial charge is 0.490 e. The van der Waals surface area contributed by atoms with E-state index in [4.69, 9.17) is 14.6 Å². The van der Waals surface area contributed by atoms with Crippen molar-refractivity contribution in [1.29, 1.82) is 0 Å². The van der Waals surface area contributed by atoms with Crippen molar-refractivity contribution >= 4 is 33.5 Å². The Hall–Kier alpha value is -5.32. The van der Waals surface area contributed by atoms with Crippen LogP contribution in [0.1, 0.15) is 16.8 Å². The number of halogens is 4. The zero-order chi connectivity index (χ0) is 33.4. The molecule has 12 nitrogen and oxygen atoms in total. The van der Waals surface area contributed by atoms with Gasteiger partial charge in [-0.05, 0) is 54.4 Å². The molecule has 0 atom stereocenters. The third-order valence-electron chi connectivity index (χ3n) is 5.81. The second-order valence-corrected chi connectivity index (χ2v) is 10.8. The number of alkyl halides is 3. The molecule has 1 heterocycles. The zero-order valence-corrected chi connectivity index (χ0v) is 24.1. The summed E-state index contributed by atoms with van der Waals surface area (Å²) in [5.41, 5.74) is 0.325. The van der Waals surface area contributed by atoms with Crippen LogP contribution in [0.4, 0.5) is 29.1 Å². The number of aromatic nitrogens is 2. The van der Waals surface area contributed by atoms with Gasteiger partial charge in [0.15, 0.2) is 0 Å². The maximum absolute atomic E-state index is 13.6. The number of phenolic OH excluding ortho intramolecular Hbond substituents is 2. The molecule has 45 heavy (non-hydrogen) atoms. The maximum Gasteiger partial charge on any atom is 0.490 e. The van der Waals surface area contributed by atoms with E-state index in [1.807, 2.05) is 6.07 Å². The molecule has 0 aliphatic carbocycles. The van der Waals surface area contributed by atoms with Crippen molar-refractivity contribution in [2.75, 3.05) is 23.2 Å². The lowest BCUT2D eigenvalue weighted by atomic mass is 10.0. The van der Waals surface area contributed by atoms with Gasteiger partial charge in [0.1, 0.15) is 28.7 Å². The number of esters is 1. The van der Waals surface area contributed by atoms with E-state index in [0.717, 1.165) is 24.0 Å². The molecule has 0 bridgehead atoms. The van der Waals surface area contributed by atoms with Crippen LogP contribution in [-0.2, 0) is 26.6 Å². The average molecular weight is 655 g/mol. The van der Waals surface area contributed by atoms with Crippen LogP contribution >= 0.6 is 0 Å². The van der Waals surface area contributed by atoms with E-state index in [2.05, 4.69) is 15.1 Å². The number of phenols is 2. The summed E-state index contributed by atoms with van der Waals surface area (Å²) in [7, 11) is -2.33. The number of nitrogens with one attached hydrogen (secondary N) is 2. The first-order valence-corrected chi connectivity index (χ1v) is 14.2. The lowest BCUT2D eigenvalue weighted by Crippen LogP contribution is -2.21.